The van der Waals surface area contributed by atoms with Crippen molar-refractivity contribution in [2.75, 3.05) is 18.1 Å². The van der Waals surface area contributed by atoms with E-state index in [-0.39, 0.29) is 67.4 Å². The molecule has 4 rings (SSSR count). The standard InChI is InChI=1S/C25H34N7O4S.K/c1-16(2)15-36-22-10-11-32(28-22)21-9-8-19(23(26-21)31-13-17(3)12-25(31,5)6)24(33)29-37(34,35)20-14-30(7)27-18(20)4;/h8-11,14,17H,12-13,15H2,1-7H3,(H,29,33);/q-1;+1/t17-;/m0./s1. The van der Waals surface area contributed by atoms with Gasteiger partial charge in [0.25, 0.3) is 15.9 Å². The second-order valence-corrected chi connectivity index (χ2v) is 12.2. The van der Waals surface area contributed by atoms with Crippen LogP contribution >= 0.6 is 0 Å². The largest absolute Gasteiger partial charge is 1.00 e. The molecule has 4 heterocycles. The van der Waals surface area contributed by atoms with Crippen molar-refractivity contribution in [2.45, 2.75) is 58.4 Å². The molecule has 1 N–H and O–H groups in total. The third kappa shape index (κ3) is 6.68. The molecular weight excluding hydrogens is 533 g/mol. The average molecular weight is 568 g/mol. The number of aryl methyl sites for hydroxylation is 2. The van der Waals surface area contributed by atoms with Crippen LogP contribution in [0.25, 0.3) is 5.82 Å². The molecule has 1 amide bonds. The van der Waals surface area contributed by atoms with E-state index in [4.69, 9.17) is 9.72 Å². The maximum Gasteiger partial charge on any atom is 1.00 e. The van der Waals surface area contributed by atoms with E-state index in [0.717, 1.165) is 12.3 Å². The van der Waals surface area contributed by atoms with Crippen LogP contribution in [-0.4, -0.2) is 57.6 Å². The molecular formula is C25H34KN7O4S. The van der Waals surface area contributed by atoms with E-state index in [2.05, 4.69) is 40.6 Å². The number of hydrogen-bond donors (Lipinski definition) is 1. The van der Waals surface area contributed by atoms with Crippen molar-refractivity contribution in [1.82, 2.24) is 29.3 Å². The maximum absolute atomic E-state index is 13.4. The number of amides is 1. The number of anilines is 1. The van der Waals surface area contributed by atoms with Crippen LogP contribution in [0.15, 0.2) is 35.5 Å². The normalized spacial score (nSPS) is 16.9. The number of nitrogens with zero attached hydrogens (tertiary/aromatic N) is 6. The number of pyridine rings is 1. The molecule has 38 heavy (non-hydrogen) atoms. The minimum Gasteiger partial charge on any atom is -0.509 e. The van der Waals surface area contributed by atoms with Crippen LogP contribution in [-0.2, 0) is 17.1 Å². The zero-order valence-corrected chi connectivity index (χ0v) is 27.2. The second kappa shape index (κ2) is 11.8. The van der Waals surface area contributed by atoms with Gasteiger partial charge in [0.1, 0.15) is 10.7 Å². The molecule has 1 aliphatic heterocycles. The van der Waals surface area contributed by atoms with E-state index < -0.39 is 15.9 Å². The molecule has 0 spiro atoms. The smallest absolute Gasteiger partial charge is 0.509 e. The van der Waals surface area contributed by atoms with Gasteiger partial charge in [0, 0.05) is 37.6 Å². The number of ether oxygens (including phenoxy) is 1. The van der Waals surface area contributed by atoms with E-state index in [9.17, 15) is 13.2 Å². The molecule has 11 nitrogen and oxygen atoms in total. The van der Waals surface area contributed by atoms with E-state index in [1.807, 2.05) is 13.8 Å². The Labute approximate surface area is 266 Å². The van der Waals surface area contributed by atoms with E-state index in [1.54, 1.807) is 43.0 Å². The predicted octanol–water partition coefficient (Wildman–Crippen LogP) is 0.0498. The van der Waals surface area contributed by atoms with E-state index >= 15 is 0 Å². The van der Waals surface area contributed by atoms with Crippen molar-refractivity contribution >= 4 is 21.7 Å². The Morgan fingerprint density at radius 1 is 1.24 bits per heavy atom. The maximum atomic E-state index is 13.4. The zero-order chi connectivity index (χ0) is 27.1. The Balaban J connectivity index is 0.00000400. The summed E-state index contributed by atoms with van der Waals surface area (Å²) < 4.78 is 36.9. The summed E-state index contributed by atoms with van der Waals surface area (Å²) in [5, 5.41) is 8.53. The zero-order valence-electron chi connectivity index (χ0n) is 23.3. The Bertz CT molecular complexity index is 1410. The fourth-order valence-electron chi connectivity index (χ4n) is 4.71. The summed E-state index contributed by atoms with van der Waals surface area (Å²) in [6.45, 7) is 13.0. The van der Waals surface area contributed by atoms with E-state index in [0.29, 0.717) is 42.3 Å². The van der Waals surface area contributed by atoms with Crippen LogP contribution in [0.1, 0.15) is 57.1 Å². The molecule has 0 aromatic carbocycles. The Kier molecular flexibility index (Phi) is 9.52. The predicted molar refractivity (Wildman–Crippen MR) is 139 cm³/mol. The number of sulfonamides is 1. The monoisotopic (exact) mass is 567 g/mol. The van der Waals surface area contributed by atoms with Crippen LogP contribution in [0.3, 0.4) is 0 Å². The first-order valence-corrected chi connectivity index (χ1v) is 13.6. The second-order valence-electron chi connectivity index (χ2n) is 10.6. The van der Waals surface area contributed by atoms with Gasteiger partial charge in [0.15, 0.2) is 5.82 Å². The number of aromatic nitrogens is 5. The Morgan fingerprint density at radius 2 is 1.95 bits per heavy atom. The number of rotatable bonds is 8. The molecule has 0 radical (unpaired) electrons. The summed E-state index contributed by atoms with van der Waals surface area (Å²) in [6.07, 6.45) is 4.01. The molecule has 3 aromatic rings. The molecule has 200 valence electrons. The van der Waals surface area contributed by atoms with Crippen LogP contribution < -0.4 is 65.7 Å². The van der Waals surface area contributed by atoms with Gasteiger partial charge in [0.05, 0.1) is 11.3 Å². The van der Waals surface area contributed by atoms with E-state index in [1.165, 1.54) is 10.9 Å². The molecule has 3 aromatic heterocycles. The minimum atomic E-state index is -4.13. The van der Waals surface area contributed by atoms with Gasteiger partial charge < -0.3 is 9.64 Å². The SMILES string of the molecule is Cc1nn(C)cc1S(=O)(=O)NC(=O)c1ccc(-n2ccc(OC[C-](C)C)n2)nc1N1C[C@@H](C)CC1(C)C.[K+]. The molecule has 0 saturated carbocycles. The fourth-order valence-corrected chi connectivity index (χ4v) is 5.90. The third-order valence-corrected chi connectivity index (χ3v) is 7.66. The van der Waals surface area contributed by atoms with Gasteiger partial charge in [-0.15, -0.1) is 5.10 Å². The van der Waals surface area contributed by atoms with Crippen molar-refractivity contribution in [3.63, 3.8) is 0 Å². The molecule has 0 aliphatic carbocycles. The van der Waals surface area contributed by atoms with Crippen molar-refractivity contribution in [3.8, 4) is 11.7 Å². The van der Waals surface area contributed by atoms with Crippen LogP contribution in [0.5, 0.6) is 5.88 Å². The van der Waals surface area contributed by atoms with Gasteiger partial charge in [-0.2, -0.15) is 18.9 Å². The summed E-state index contributed by atoms with van der Waals surface area (Å²) in [5.41, 5.74) is 0.181. The molecule has 1 fully saturated rings. The summed E-state index contributed by atoms with van der Waals surface area (Å²) in [4.78, 5) is 20.2. The van der Waals surface area contributed by atoms with Gasteiger partial charge >= 0.3 is 51.4 Å². The van der Waals surface area contributed by atoms with Gasteiger partial charge in [-0.1, -0.05) is 6.92 Å². The molecule has 0 bridgehead atoms. The molecule has 0 unspecified atom stereocenters. The van der Waals surface area contributed by atoms with Crippen molar-refractivity contribution in [1.29, 1.82) is 0 Å². The van der Waals surface area contributed by atoms with Gasteiger partial charge in [-0.25, -0.2) is 22.8 Å². The summed E-state index contributed by atoms with van der Waals surface area (Å²) in [5.74, 6) is 2.08. The fraction of sp³-hybridized carbons (Fsp3) is 0.480. The third-order valence-electron chi connectivity index (χ3n) is 6.23. The van der Waals surface area contributed by atoms with Crippen LogP contribution in [0.4, 0.5) is 5.82 Å². The van der Waals surface area contributed by atoms with Crippen molar-refractivity contribution < 1.29 is 69.3 Å². The summed E-state index contributed by atoms with van der Waals surface area (Å²) in [7, 11) is -2.51. The summed E-state index contributed by atoms with van der Waals surface area (Å²) >= 11 is 0. The quantitative estimate of drug-likeness (QED) is 0.299. The molecule has 1 saturated heterocycles. The molecule has 13 heteroatoms. The van der Waals surface area contributed by atoms with Gasteiger partial charge in [0.2, 0.25) is 5.88 Å². The number of nitrogens with one attached hydrogen (secondary N) is 1. The molecule has 1 atom stereocenters. The topological polar surface area (TPSA) is 124 Å². The van der Waals surface area contributed by atoms with Crippen LogP contribution in [0.2, 0.25) is 0 Å². The first-order valence-electron chi connectivity index (χ1n) is 12.1. The molecule has 1 aliphatic rings. The van der Waals surface area contributed by atoms with Gasteiger partial charge in [-0.3, -0.25) is 15.4 Å². The first kappa shape index (κ1) is 30.8. The van der Waals surface area contributed by atoms with Crippen LogP contribution in [0, 0.1) is 18.8 Å². The number of hydrogen-bond acceptors (Lipinski definition) is 8. The average Bonchev–Trinajstić information content (AvgIpc) is 3.48. The Hall–Kier alpha value is -1.77. The van der Waals surface area contributed by atoms with Crippen molar-refractivity contribution in [2.24, 2.45) is 13.0 Å². The number of carbonyl (C=O) groups is 1. The Morgan fingerprint density at radius 3 is 2.53 bits per heavy atom. The van der Waals surface area contributed by atoms with Crippen molar-refractivity contribution in [3.05, 3.63) is 47.8 Å². The first-order chi connectivity index (χ1) is 17.3. The minimum absolute atomic E-state index is 0. The number of carbonyl (C=O) groups excluding carboxylic acids is 1. The van der Waals surface area contributed by atoms with Gasteiger partial charge in [-0.05, 0) is 51.8 Å². The summed E-state index contributed by atoms with van der Waals surface area (Å²) in [6, 6.07) is 4.97.